The van der Waals surface area contributed by atoms with E-state index >= 15 is 0 Å². The number of aliphatic hydroxyl groups is 1. The van der Waals surface area contributed by atoms with Crippen molar-refractivity contribution < 1.29 is 5.11 Å². The van der Waals surface area contributed by atoms with Crippen molar-refractivity contribution in [2.75, 3.05) is 0 Å². The lowest BCUT2D eigenvalue weighted by Gasteiger charge is -2.12. The van der Waals surface area contributed by atoms with Crippen LogP contribution in [0.3, 0.4) is 0 Å². The fraction of sp³-hybridized carbons (Fsp3) is 0.538. The zero-order valence-corrected chi connectivity index (χ0v) is 9.01. The van der Waals surface area contributed by atoms with Gasteiger partial charge in [0.2, 0.25) is 0 Å². The predicted octanol–water partition coefficient (Wildman–Crippen LogP) is 2.79. The van der Waals surface area contributed by atoms with Crippen LogP contribution in [-0.2, 0) is 19.3 Å². The molecule has 1 aromatic rings. The second kappa shape index (κ2) is 3.74. The Morgan fingerprint density at radius 2 is 2.07 bits per heavy atom. The molecule has 1 aliphatic carbocycles. The van der Waals surface area contributed by atoms with Crippen LogP contribution in [0, 0.1) is 0 Å². The van der Waals surface area contributed by atoms with Crippen molar-refractivity contribution in [3.05, 3.63) is 34.4 Å². The molecule has 0 heterocycles. The molecule has 0 aliphatic heterocycles. The number of aliphatic hydroxyl groups excluding tert-OH is 1. The van der Waals surface area contributed by atoms with Gasteiger partial charge in [0.1, 0.15) is 0 Å². The van der Waals surface area contributed by atoms with Gasteiger partial charge in [0.15, 0.2) is 0 Å². The van der Waals surface area contributed by atoms with Crippen molar-refractivity contribution in [3.8, 4) is 0 Å². The lowest BCUT2D eigenvalue weighted by Crippen LogP contribution is -1.99. The van der Waals surface area contributed by atoms with E-state index in [1.165, 1.54) is 22.3 Å². The molecule has 2 rings (SSSR count). The number of hydrogen-bond donors (Lipinski definition) is 1. The largest absolute Gasteiger partial charge is 0.388 e. The summed E-state index contributed by atoms with van der Waals surface area (Å²) in [7, 11) is 0. The third-order valence-electron chi connectivity index (χ3n) is 3.33. The highest BCUT2D eigenvalue weighted by Gasteiger charge is 2.23. The average Bonchev–Trinajstić information content (AvgIpc) is 2.59. The molecular weight excluding hydrogens is 172 g/mol. The van der Waals surface area contributed by atoms with E-state index < -0.39 is 0 Å². The van der Waals surface area contributed by atoms with E-state index in [0.717, 1.165) is 25.7 Å². The average molecular weight is 190 g/mol. The zero-order chi connectivity index (χ0) is 10.1. The lowest BCUT2D eigenvalue weighted by atomic mass is 9.94. The maximum absolute atomic E-state index is 9.76. The zero-order valence-electron chi connectivity index (χ0n) is 9.01. The van der Waals surface area contributed by atoms with Crippen molar-refractivity contribution in [1.82, 2.24) is 0 Å². The van der Waals surface area contributed by atoms with Gasteiger partial charge in [0.25, 0.3) is 0 Å². The van der Waals surface area contributed by atoms with Gasteiger partial charge in [-0.3, -0.25) is 0 Å². The molecule has 1 aromatic carbocycles. The van der Waals surface area contributed by atoms with E-state index in [1.54, 1.807) is 0 Å². The van der Waals surface area contributed by atoms with Crippen LogP contribution < -0.4 is 0 Å². The first-order valence-corrected chi connectivity index (χ1v) is 5.59. The fourth-order valence-electron chi connectivity index (χ4n) is 2.58. The van der Waals surface area contributed by atoms with Gasteiger partial charge in [-0.15, -0.1) is 0 Å². The van der Waals surface area contributed by atoms with Crippen LogP contribution in [0.1, 0.15) is 48.6 Å². The highest BCUT2D eigenvalue weighted by molar-refractivity contribution is 5.44. The van der Waals surface area contributed by atoms with Crippen molar-refractivity contribution in [3.63, 3.8) is 0 Å². The Hall–Kier alpha value is -0.820. The molecule has 0 spiro atoms. The van der Waals surface area contributed by atoms with Crippen molar-refractivity contribution >= 4 is 0 Å². The summed E-state index contributed by atoms with van der Waals surface area (Å²) in [5, 5.41) is 9.76. The first kappa shape index (κ1) is 9.72. The molecule has 0 aromatic heterocycles. The summed E-state index contributed by atoms with van der Waals surface area (Å²) in [4.78, 5) is 0. The highest BCUT2D eigenvalue weighted by atomic mass is 16.3. The van der Waals surface area contributed by atoms with Gasteiger partial charge >= 0.3 is 0 Å². The summed E-state index contributed by atoms with van der Waals surface area (Å²) in [5.74, 6) is 0. The van der Waals surface area contributed by atoms with Gasteiger partial charge in [0.05, 0.1) is 6.10 Å². The molecule has 76 valence electrons. The van der Waals surface area contributed by atoms with Crippen LogP contribution in [-0.4, -0.2) is 5.11 Å². The van der Waals surface area contributed by atoms with Gasteiger partial charge in [-0.1, -0.05) is 26.0 Å². The van der Waals surface area contributed by atoms with Crippen LogP contribution in [0.4, 0.5) is 0 Å². The van der Waals surface area contributed by atoms with E-state index in [2.05, 4.69) is 26.0 Å². The second-order valence-electron chi connectivity index (χ2n) is 4.03. The number of rotatable bonds is 2. The molecule has 1 heteroatoms. The number of benzene rings is 1. The predicted molar refractivity (Wildman–Crippen MR) is 58.5 cm³/mol. The Bertz CT molecular complexity index is 341. The minimum atomic E-state index is -0.207. The van der Waals surface area contributed by atoms with Crippen LogP contribution in [0.5, 0.6) is 0 Å². The van der Waals surface area contributed by atoms with Crippen molar-refractivity contribution in [2.45, 2.75) is 45.6 Å². The molecule has 0 amide bonds. The van der Waals surface area contributed by atoms with Gasteiger partial charge in [-0.05, 0) is 47.9 Å². The minimum Gasteiger partial charge on any atom is -0.388 e. The summed E-state index contributed by atoms with van der Waals surface area (Å²) in [6.45, 7) is 4.41. The number of hydrogen-bond acceptors (Lipinski definition) is 1. The highest BCUT2D eigenvalue weighted by Crippen LogP contribution is 2.35. The first-order valence-electron chi connectivity index (χ1n) is 5.59. The molecule has 0 bridgehead atoms. The van der Waals surface area contributed by atoms with E-state index in [-0.39, 0.29) is 6.10 Å². The standard InChI is InChI=1S/C13H18O/c1-3-9-5-6-12-11(10(9)4-2)7-8-13(12)14/h5-6,13-14H,3-4,7-8H2,1-2H3. The molecule has 0 saturated carbocycles. The molecule has 0 fully saturated rings. The molecule has 14 heavy (non-hydrogen) atoms. The van der Waals surface area contributed by atoms with E-state index in [0.29, 0.717) is 0 Å². The smallest absolute Gasteiger partial charge is 0.0796 e. The van der Waals surface area contributed by atoms with Crippen LogP contribution in [0.15, 0.2) is 12.1 Å². The lowest BCUT2D eigenvalue weighted by molar-refractivity contribution is 0.180. The quantitative estimate of drug-likeness (QED) is 0.760. The number of fused-ring (bicyclic) bond motifs is 1. The molecule has 1 N–H and O–H groups in total. The normalized spacial score (nSPS) is 19.8. The summed E-state index contributed by atoms with van der Waals surface area (Å²) in [6, 6.07) is 4.30. The minimum absolute atomic E-state index is 0.207. The monoisotopic (exact) mass is 190 g/mol. The van der Waals surface area contributed by atoms with Crippen molar-refractivity contribution in [1.29, 1.82) is 0 Å². The maximum Gasteiger partial charge on any atom is 0.0796 e. The van der Waals surface area contributed by atoms with E-state index in [9.17, 15) is 5.11 Å². The van der Waals surface area contributed by atoms with Gasteiger partial charge in [-0.25, -0.2) is 0 Å². The third kappa shape index (κ3) is 1.36. The first-order chi connectivity index (χ1) is 6.77. The molecule has 0 radical (unpaired) electrons. The van der Waals surface area contributed by atoms with Gasteiger partial charge in [-0.2, -0.15) is 0 Å². The molecule has 0 saturated heterocycles. The Morgan fingerprint density at radius 3 is 2.71 bits per heavy atom. The SMILES string of the molecule is CCc1ccc2c(c1CC)CCC2O. The maximum atomic E-state index is 9.76. The summed E-state index contributed by atoms with van der Waals surface area (Å²) >= 11 is 0. The van der Waals surface area contributed by atoms with E-state index in [4.69, 9.17) is 0 Å². The topological polar surface area (TPSA) is 20.2 Å². The fourth-order valence-corrected chi connectivity index (χ4v) is 2.58. The molecule has 1 unspecified atom stereocenters. The molecular formula is C13H18O. The third-order valence-corrected chi connectivity index (χ3v) is 3.33. The van der Waals surface area contributed by atoms with Gasteiger partial charge in [0, 0.05) is 0 Å². The van der Waals surface area contributed by atoms with Gasteiger partial charge < -0.3 is 5.11 Å². The van der Waals surface area contributed by atoms with E-state index in [1.807, 2.05) is 0 Å². The summed E-state index contributed by atoms with van der Waals surface area (Å²) in [6.07, 6.45) is 3.97. The second-order valence-corrected chi connectivity index (χ2v) is 4.03. The Labute approximate surface area is 85.8 Å². The Balaban J connectivity index is 2.54. The summed E-state index contributed by atoms with van der Waals surface area (Å²) < 4.78 is 0. The van der Waals surface area contributed by atoms with Crippen LogP contribution >= 0.6 is 0 Å². The van der Waals surface area contributed by atoms with Crippen molar-refractivity contribution in [2.24, 2.45) is 0 Å². The molecule has 1 atom stereocenters. The molecule has 1 aliphatic rings. The number of aryl methyl sites for hydroxylation is 1. The Kier molecular flexibility index (Phi) is 2.60. The van der Waals surface area contributed by atoms with Crippen LogP contribution in [0.25, 0.3) is 0 Å². The summed E-state index contributed by atoms with van der Waals surface area (Å²) in [5.41, 5.74) is 5.56. The molecule has 1 nitrogen and oxygen atoms in total. The van der Waals surface area contributed by atoms with Crippen LogP contribution in [0.2, 0.25) is 0 Å². The Morgan fingerprint density at radius 1 is 1.29 bits per heavy atom.